The largest absolute Gasteiger partial charge is 0.497 e. The maximum atomic E-state index is 13.2. The Hall–Kier alpha value is -2.82. The van der Waals surface area contributed by atoms with Gasteiger partial charge in [0.2, 0.25) is 11.8 Å². The van der Waals surface area contributed by atoms with E-state index in [0.717, 1.165) is 29.7 Å². The van der Waals surface area contributed by atoms with Crippen molar-refractivity contribution in [3.8, 4) is 5.75 Å². The molecule has 0 saturated heterocycles. The molecule has 0 radical (unpaired) electrons. The van der Waals surface area contributed by atoms with Crippen LogP contribution in [0.4, 0.5) is 0 Å². The minimum absolute atomic E-state index is 0.0332. The molecule has 0 aliphatic heterocycles. The smallest absolute Gasteiger partial charge is 0.242 e. The molecular weight excluding hydrogens is 388 g/mol. The Labute approximate surface area is 186 Å². The Morgan fingerprint density at radius 2 is 1.68 bits per heavy atom. The highest BCUT2D eigenvalue weighted by Gasteiger charge is 2.26. The standard InChI is InChI=1S/C26H36N2O3/c1-6-19(3)27-26(30)20(4)28(18-23-9-8-10-24(17-23)31-5)25(29)16-15-22-13-11-21(7-2)12-14-22/h8-14,17,19-20H,6-7,15-16,18H2,1-5H3,(H,27,30)/t19-,20-/m1/s1. The summed E-state index contributed by atoms with van der Waals surface area (Å²) in [5.74, 6) is 0.574. The second kappa shape index (κ2) is 12.1. The van der Waals surface area contributed by atoms with Gasteiger partial charge in [-0.1, -0.05) is 50.2 Å². The normalized spacial score (nSPS) is 12.7. The molecule has 5 nitrogen and oxygen atoms in total. The van der Waals surface area contributed by atoms with E-state index in [1.54, 1.807) is 18.9 Å². The van der Waals surface area contributed by atoms with E-state index in [9.17, 15) is 9.59 Å². The average Bonchev–Trinajstić information content (AvgIpc) is 2.80. The van der Waals surface area contributed by atoms with Crippen molar-refractivity contribution in [1.82, 2.24) is 10.2 Å². The topological polar surface area (TPSA) is 58.6 Å². The Balaban J connectivity index is 2.15. The number of rotatable bonds is 11. The SMILES string of the molecule is CCc1ccc(CCC(=O)N(Cc2cccc(OC)c2)[C@H](C)C(=O)N[C@H](C)CC)cc1. The molecule has 0 aromatic heterocycles. The lowest BCUT2D eigenvalue weighted by Crippen LogP contribution is -2.49. The number of carbonyl (C=O) groups is 2. The number of benzene rings is 2. The van der Waals surface area contributed by atoms with E-state index in [0.29, 0.717) is 19.4 Å². The first-order chi connectivity index (χ1) is 14.9. The summed E-state index contributed by atoms with van der Waals surface area (Å²) < 4.78 is 5.31. The zero-order valence-corrected chi connectivity index (χ0v) is 19.5. The van der Waals surface area contributed by atoms with Crippen molar-refractivity contribution in [1.29, 1.82) is 0 Å². The van der Waals surface area contributed by atoms with Gasteiger partial charge in [0.05, 0.1) is 7.11 Å². The summed E-state index contributed by atoms with van der Waals surface area (Å²) in [6.45, 7) is 8.28. The second-order valence-corrected chi connectivity index (χ2v) is 8.04. The lowest BCUT2D eigenvalue weighted by atomic mass is 10.0. The van der Waals surface area contributed by atoms with E-state index >= 15 is 0 Å². The molecule has 2 atom stereocenters. The maximum absolute atomic E-state index is 13.2. The molecule has 5 heteroatoms. The third-order valence-electron chi connectivity index (χ3n) is 5.71. The van der Waals surface area contributed by atoms with E-state index in [1.807, 2.05) is 38.1 Å². The molecule has 2 aromatic carbocycles. The average molecular weight is 425 g/mol. The third kappa shape index (κ3) is 7.42. The summed E-state index contributed by atoms with van der Waals surface area (Å²) in [5, 5.41) is 3.00. The highest BCUT2D eigenvalue weighted by molar-refractivity contribution is 5.87. The van der Waals surface area contributed by atoms with Crippen LogP contribution in [0.2, 0.25) is 0 Å². The van der Waals surface area contributed by atoms with Crippen LogP contribution in [0.25, 0.3) is 0 Å². The van der Waals surface area contributed by atoms with Gasteiger partial charge in [-0.15, -0.1) is 0 Å². The molecule has 0 aliphatic carbocycles. The highest BCUT2D eigenvalue weighted by Crippen LogP contribution is 2.18. The van der Waals surface area contributed by atoms with E-state index in [4.69, 9.17) is 4.74 Å². The first kappa shape index (κ1) is 24.4. The van der Waals surface area contributed by atoms with Gasteiger partial charge in [0, 0.05) is 19.0 Å². The number of carbonyl (C=O) groups excluding carboxylic acids is 2. The summed E-state index contributed by atoms with van der Waals surface area (Å²) in [4.78, 5) is 27.7. The zero-order valence-electron chi connectivity index (χ0n) is 19.5. The lowest BCUT2D eigenvalue weighted by molar-refractivity contribution is -0.140. The third-order valence-corrected chi connectivity index (χ3v) is 5.71. The fraction of sp³-hybridized carbons (Fsp3) is 0.462. The predicted octanol–water partition coefficient (Wildman–Crippen LogP) is 4.52. The predicted molar refractivity (Wildman–Crippen MR) is 125 cm³/mol. The monoisotopic (exact) mass is 424 g/mol. The van der Waals surface area contributed by atoms with Crippen LogP contribution in [0.1, 0.15) is 57.2 Å². The number of nitrogens with one attached hydrogen (secondary N) is 1. The summed E-state index contributed by atoms with van der Waals surface area (Å²) in [5.41, 5.74) is 3.34. The Kier molecular flexibility index (Phi) is 9.57. The van der Waals surface area contributed by atoms with E-state index < -0.39 is 6.04 Å². The molecule has 0 saturated carbocycles. The van der Waals surface area contributed by atoms with Gasteiger partial charge in [0.15, 0.2) is 0 Å². The minimum atomic E-state index is -0.560. The summed E-state index contributed by atoms with van der Waals surface area (Å²) >= 11 is 0. The molecule has 0 unspecified atom stereocenters. The second-order valence-electron chi connectivity index (χ2n) is 8.04. The van der Waals surface area contributed by atoms with Gasteiger partial charge >= 0.3 is 0 Å². The first-order valence-electron chi connectivity index (χ1n) is 11.2. The fourth-order valence-electron chi connectivity index (χ4n) is 3.35. The van der Waals surface area contributed by atoms with Crippen LogP contribution in [0, 0.1) is 0 Å². The van der Waals surface area contributed by atoms with Gasteiger partial charge in [0.1, 0.15) is 11.8 Å². The van der Waals surface area contributed by atoms with Crippen molar-refractivity contribution in [2.45, 2.75) is 72.0 Å². The molecule has 0 fully saturated rings. The fourth-order valence-corrected chi connectivity index (χ4v) is 3.35. The zero-order chi connectivity index (χ0) is 22.8. The number of ether oxygens (including phenoxy) is 1. The quantitative estimate of drug-likeness (QED) is 0.577. The van der Waals surface area contributed by atoms with Crippen LogP contribution in [0.15, 0.2) is 48.5 Å². The van der Waals surface area contributed by atoms with Crippen LogP contribution in [0.3, 0.4) is 0 Å². The van der Waals surface area contributed by atoms with Crippen molar-refractivity contribution in [2.75, 3.05) is 7.11 Å². The maximum Gasteiger partial charge on any atom is 0.242 e. The lowest BCUT2D eigenvalue weighted by Gasteiger charge is -2.30. The molecule has 0 heterocycles. The van der Waals surface area contributed by atoms with Crippen molar-refractivity contribution in [3.05, 3.63) is 65.2 Å². The summed E-state index contributed by atoms with van der Waals surface area (Å²) in [6, 6.07) is 15.5. The van der Waals surface area contributed by atoms with Crippen molar-refractivity contribution in [2.24, 2.45) is 0 Å². The van der Waals surface area contributed by atoms with E-state index in [1.165, 1.54) is 5.56 Å². The number of aryl methyl sites for hydroxylation is 2. The van der Waals surface area contributed by atoms with Crippen molar-refractivity contribution in [3.63, 3.8) is 0 Å². The summed E-state index contributed by atoms with van der Waals surface area (Å²) in [6.07, 6.45) is 2.85. The highest BCUT2D eigenvalue weighted by atomic mass is 16.5. The Morgan fingerprint density at radius 1 is 1.00 bits per heavy atom. The van der Waals surface area contributed by atoms with Crippen LogP contribution in [-0.4, -0.2) is 35.9 Å². The van der Waals surface area contributed by atoms with E-state index in [-0.39, 0.29) is 17.9 Å². The van der Waals surface area contributed by atoms with Gasteiger partial charge in [-0.25, -0.2) is 0 Å². The Morgan fingerprint density at radius 3 is 2.29 bits per heavy atom. The number of hydrogen-bond donors (Lipinski definition) is 1. The van der Waals surface area contributed by atoms with E-state index in [2.05, 4.69) is 36.5 Å². The molecule has 2 amide bonds. The van der Waals surface area contributed by atoms with Gasteiger partial charge in [0.25, 0.3) is 0 Å². The molecule has 2 aromatic rings. The molecule has 0 aliphatic rings. The van der Waals surface area contributed by atoms with Gasteiger partial charge in [-0.05, 0) is 61.9 Å². The number of hydrogen-bond acceptors (Lipinski definition) is 3. The summed E-state index contributed by atoms with van der Waals surface area (Å²) in [7, 11) is 1.62. The molecule has 0 spiro atoms. The van der Waals surface area contributed by atoms with Crippen molar-refractivity contribution >= 4 is 11.8 Å². The number of methoxy groups -OCH3 is 1. The first-order valence-corrected chi connectivity index (χ1v) is 11.2. The molecule has 2 rings (SSSR count). The number of amides is 2. The van der Waals surface area contributed by atoms with Crippen molar-refractivity contribution < 1.29 is 14.3 Å². The van der Waals surface area contributed by atoms with Gasteiger partial charge < -0.3 is 15.0 Å². The van der Waals surface area contributed by atoms with Crippen LogP contribution >= 0.6 is 0 Å². The van der Waals surface area contributed by atoms with Gasteiger partial charge in [-0.3, -0.25) is 9.59 Å². The minimum Gasteiger partial charge on any atom is -0.497 e. The molecule has 168 valence electrons. The van der Waals surface area contributed by atoms with Crippen LogP contribution in [0.5, 0.6) is 5.75 Å². The molecule has 1 N–H and O–H groups in total. The number of nitrogens with zero attached hydrogens (tertiary/aromatic N) is 1. The van der Waals surface area contributed by atoms with Crippen LogP contribution in [-0.2, 0) is 29.0 Å². The van der Waals surface area contributed by atoms with Crippen LogP contribution < -0.4 is 10.1 Å². The molecule has 0 bridgehead atoms. The molecular formula is C26H36N2O3. The molecule has 31 heavy (non-hydrogen) atoms. The Bertz CT molecular complexity index is 848. The van der Waals surface area contributed by atoms with Gasteiger partial charge in [-0.2, -0.15) is 0 Å².